The molecule has 1 aromatic heterocycles. The Hall–Kier alpha value is -4.65. The molecule has 0 amide bonds. The molecular formula is C30H27N3O4. The van der Waals surface area contributed by atoms with Crippen molar-refractivity contribution in [2.75, 3.05) is 14.2 Å². The van der Waals surface area contributed by atoms with Gasteiger partial charge in [0.2, 0.25) is 0 Å². The molecule has 7 heteroatoms. The Bertz CT molecular complexity index is 1540. The summed E-state index contributed by atoms with van der Waals surface area (Å²) in [5, 5.41) is 10.3. The summed E-state index contributed by atoms with van der Waals surface area (Å²) in [7, 11) is 2.67. The van der Waals surface area contributed by atoms with Gasteiger partial charge in [0.1, 0.15) is 0 Å². The van der Waals surface area contributed by atoms with Crippen molar-refractivity contribution in [1.29, 1.82) is 0 Å². The number of dihydropyridines is 1. The fraction of sp³-hybridized carbons (Fsp3) is 0.167. The first-order valence-electron chi connectivity index (χ1n) is 11.9. The van der Waals surface area contributed by atoms with Crippen LogP contribution < -0.4 is 5.32 Å². The molecule has 0 unspecified atom stereocenters. The van der Waals surface area contributed by atoms with E-state index in [4.69, 9.17) is 14.6 Å². The standard InChI is InChI=1S/C30H27N3O4/c1-18-25(29(34)36-3)27(26(19(2)31-18)30(35)37-4)24-17-33(23-12-6-5-7-13-23)32-28(24)22-15-14-20-10-8-9-11-21(20)16-22/h5-17,27,31H,1-4H3. The number of esters is 2. The lowest BCUT2D eigenvalue weighted by molar-refractivity contribution is -0.137. The van der Waals surface area contributed by atoms with Gasteiger partial charge in [-0.05, 0) is 42.8 Å². The Labute approximate surface area is 215 Å². The average Bonchev–Trinajstić information content (AvgIpc) is 3.37. The molecular weight excluding hydrogens is 466 g/mol. The van der Waals surface area contributed by atoms with E-state index in [0.29, 0.717) is 33.8 Å². The van der Waals surface area contributed by atoms with E-state index in [-0.39, 0.29) is 0 Å². The van der Waals surface area contributed by atoms with Crippen molar-refractivity contribution in [2.24, 2.45) is 0 Å². The van der Waals surface area contributed by atoms with Crippen LogP contribution in [-0.4, -0.2) is 35.9 Å². The predicted molar refractivity (Wildman–Crippen MR) is 142 cm³/mol. The molecule has 0 spiro atoms. The summed E-state index contributed by atoms with van der Waals surface area (Å²) >= 11 is 0. The van der Waals surface area contributed by atoms with E-state index in [9.17, 15) is 9.59 Å². The second-order valence-corrected chi connectivity index (χ2v) is 8.89. The molecule has 0 saturated heterocycles. The number of carbonyl (C=O) groups excluding carboxylic acids is 2. The molecule has 3 aromatic carbocycles. The quantitative estimate of drug-likeness (QED) is 0.381. The minimum atomic E-state index is -0.750. The van der Waals surface area contributed by atoms with Crippen LogP contribution in [0.15, 0.2) is 102 Å². The monoisotopic (exact) mass is 493 g/mol. The zero-order chi connectivity index (χ0) is 26.1. The first kappa shape index (κ1) is 24.1. The molecule has 0 fully saturated rings. The van der Waals surface area contributed by atoms with Crippen molar-refractivity contribution >= 4 is 22.7 Å². The summed E-state index contributed by atoms with van der Waals surface area (Å²) < 4.78 is 12.1. The molecule has 4 aromatic rings. The van der Waals surface area contributed by atoms with E-state index in [1.165, 1.54) is 14.2 Å². The van der Waals surface area contributed by atoms with E-state index >= 15 is 0 Å². The Morgan fingerprint density at radius 2 is 1.41 bits per heavy atom. The number of nitrogens with zero attached hydrogens (tertiary/aromatic N) is 2. The Kier molecular flexibility index (Phi) is 6.36. The van der Waals surface area contributed by atoms with Gasteiger partial charge in [-0.25, -0.2) is 14.3 Å². The van der Waals surface area contributed by atoms with E-state index in [2.05, 4.69) is 17.4 Å². The molecule has 0 bridgehead atoms. The smallest absolute Gasteiger partial charge is 0.336 e. The number of aromatic nitrogens is 2. The number of hydrogen-bond acceptors (Lipinski definition) is 6. The van der Waals surface area contributed by atoms with Crippen LogP contribution in [-0.2, 0) is 19.1 Å². The number of para-hydroxylation sites is 1. The number of ether oxygens (including phenoxy) is 2. The van der Waals surface area contributed by atoms with Crippen molar-refractivity contribution in [3.05, 3.63) is 107 Å². The van der Waals surface area contributed by atoms with Crippen LogP contribution in [0.3, 0.4) is 0 Å². The third-order valence-electron chi connectivity index (χ3n) is 6.67. The van der Waals surface area contributed by atoms with Gasteiger partial charge in [0.05, 0.1) is 42.7 Å². The van der Waals surface area contributed by atoms with Crippen LogP contribution in [0.1, 0.15) is 25.3 Å². The molecule has 0 atom stereocenters. The third-order valence-corrected chi connectivity index (χ3v) is 6.67. The molecule has 37 heavy (non-hydrogen) atoms. The molecule has 7 nitrogen and oxygen atoms in total. The molecule has 1 N–H and O–H groups in total. The van der Waals surface area contributed by atoms with E-state index in [1.54, 1.807) is 18.5 Å². The highest BCUT2D eigenvalue weighted by molar-refractivity contribution is 6.00. The minimum absolute atomic E-state index is 0.336. The number of rotatable bonds is 5. The summed E-state index contributed by atoms with van der Waals surface area (Å²) in [4.78, 5) is 26.2. The molecule has 0 radical (unpaired) electrons. The van der Waals surface area contributed by atoms with Gasteiger partial charge < -0.3 is 14.8 Å². The van der Waals surface area contributed by atoms with Gasteiger partial charge in [-0.15, -0.1) is 0 Å². The summed E-state index contributed by atoms with van der Waals surface area (Å²) in [5.41, 5.74) is 4.96. The van der Waals surface area contributed by atoms with Gasteiger partial charge in [-0.3, -0.25) is 0 Å². The number of carbonyl (C=O) groups is 2. The Morgan fingerprint density at radius 1 is 0.811 bits per heavy atom. The molecule has 2 heterocycles. The second kappa shape index (κ2) is 9.78. The highest BCUT2D eigenvalue weighted by Crippen LogP contribution is 2.43. The summed E-state index contributed by atoms with van der Waals surface area (Å²) in [6, 6.07) is 23.9. The van der Waals surface area contributed by atoms with Crippen molar-refractivity contribution in [3.8, 4) is 16.9 Å². The van der Waals surface area contributed by atoms with Gasteiger partial charge in [-0.2, -0.15) is 5.10 Å². The van der Waals surface area contributed by atoms with E-state index in [0.717, 1.165) is 22.0 Å². The van der Waals surface area contributed by atoms with Crippen molar-refractivity contribution < 1.29 is 19.1 Å². The number of benzene rings is 3. The van der Waals surface area contributed by atoms with Crippen LogP contribution in [0, 0.1) is 0 Å². The first-order chi connectivity index (χ1) is 17.9. The van der Waals surface area contributed by atoms with Crippen LogP contribution in [0.2, 0.25) is 0 Å². The topological polar surface area (TPSA) is 82.5 Å². The number of allylic oxidation sites excluding steroid dienone is 2. The van der Waals surface area contributed by atoms with Crippen LogP contribution >= 0.6 is 0 Å². The average molecular weight is 494 g/mol. The number of methoxy groups -OCH3 is 2. The molecule has 0 aliphatic carbocycles. The van der Waals surface area contributed by atoms with E-state index < -0.39 is 17.9 Å². The van der Waals surface area contributed by atoms with Gasteiger partial charge in [-0.1, -0.05) is 54.6 Å². The zero-order valence-corrected chi connectivity index (χ0v) is 21.1. The van der Waals surface area contributed by atoms with Gasteiger partial charge in [0.25, 0.3) is 0 Å². The Morgan fingerprint density at radius 3 is 2.03 bits per heavy atom. The Balaban J connectivity index is 1.81. The normalized spacial score (nSPS) is 14.1. The number of fused-ring (bicyclic) bond motifs is 1. The lowest BCUT2D eigenvalue weighted by Gasteiger charge is -2.29. The third kappa shape index (κ3) is 4.29. The summed E-state index contributed by atoms with van der Waals surface area (Å²) in [5.74, 6) is -1.80. The largest absolute Gasteiger partial charge is 0.466 e. The van der Waals surface area contributed by atoms with Crippen molar-refractivity contribution in [3.63, 3.8) is 0 Å². The van der Waals surface area contributed by atoms with Crippen molar-refractivity contribution in [2.45, 2.75) is 19.8 Å². The minimum Gasteiger partial charge on any atom is -0.466 e. The van der Waals surface area contributed by atoms with Gasteiger partial charge in [0.15, 0.2) is 0 Å². The highest BCUT2D eigenvalue weighted by atomic mass is 16.5. The molecule has 5 rings (SSSR count). The maximum Gasteiger partial charge on any atom is 0.336 e. The van der Waals surface area contributed by atoms with Gasteiger partial charge >= 0.3 is 11.9 Å². The van der Waals surface area contributed by atoms with Crippen LogP contribution in [0.25, 0.3) is 27.7 Å². The predicted octanol–water partition coefficient (Wildman–Crippen LogP) is 5.27. The van der Waals surface area contributed by atoms with Crippen LogP contribution in [0.4, 0.5) is 0 Å². The summed E-state index contributed by atoms with van der Waals surface area (Å²) in [6.07, 6.45) is 1.88. The number of hydrogen-bond donors (Lipinski definition) is 1. The molecule has 1 aliphatic heterocycles. The summed E-state index contributed by atoms with van der Waals surface area (Å²) in [6.45, 7) is 3.60. The lowest BCUT2D eigenvalue weighted by Crippen LogP contribution is -2.32. The molecule has 186 valence electrons. The highest BCUT2D eigenvalue weighted by Gasteiger charge is 2.40. The fourth-order valence-corrected chi connectivity index (χ4v) is 4.94. The van der Waals surface area contributed by atoms with Crippen molar-refractivity contribution in [1.82, 2.24) is 15.1 Å². The lowest BCUT2D eigenvalue weighted by atomic mass is 9.79. The fourth-order valence-electron chi connectivity index (χ4n) is 4.94. The number of nitrogens with one attached hydrogen (secondary N) is 1. The van der Waals surface area contributed by atoms with Gasteiger partial charge in [0, 0.05) is 28.7 Å². The van der Waals surface area contributed by atoms with E-state index in [1.807, 2.05) is 66.9 Å². The zero-order valence-electron chi connectivity index (χ0n) is 21.1. The molecule has 0 saturated carbocycles. The second-order valence-electron chi connectivity index (χ2n) is 8.89. The maximum atomic E-state index is 13.1. The first-order valence-corrected chi connectivity index (χ1v) is 11.9. The maximum absolute atomic E-state index is 13.1. The van der Waals surface area contributed by atoms with Crippen LogP contribution in [0.5, 0.6) is 0 Å². The SMILES string of the molecule is COC(=O)C1=C(C)NC(C)=C(C(=O)OC)C1c1cn(-c2ccccc2)nc1-c1ccc2ccccc2c1. The molecule has 1 aliphatic rings.